The average Bonchev–Trinajstić information content (AvgIpc) is 2.39. The molecule has 0 saturated heterocycles. The highest BCUT2D eigenvalue weighted by molar-refractivity contribution is 6.55. The average molecular weight is 364 g/mol. The summed E-state index contributed by atoms with van der Waals surface area (Å²) in [5.41, 5.74) is 0. The van der Waals surface area contributed by atoms with Gasteiger partial charge in [-0.25, -0.2) is 4.79 Å². The first-order valence-electron chi connectivity index (χ1n) is 4.75. The number of carbonyl (C=O) groups excluding carboxylic acids is 1. The third-order valence-electron chi connectivity index (χ3n) is 1.95. The molecule has 19 heavy (non-hydrogen) atoms. The van der Waals surface area contributed by atoms with E-state index in [-0.39, 0.29) is 36.6 Å². The number of methoxy groups -OCH3 is 1. The van der Waals surface area contributed by atoms with E-state index < -0.39 is 5.97 Å². The van der Waals surface area contributed by atoms with Crippen LogP contribution >= 0.6 is 58.0 Å². The molecule has 0 aliphatic heterocycles. The van der Waals surface area contributed by atoms with Crippen LogP contribution < -0.4 is 4.74 Å². The molecule has 0 N–H and O–H groups in total. The Morgan fingerprint density at radius 1 is 0.947 bits per heavy atom. The number of ether oxygens (including phenoxy) is 2. The molecular weight excluding hydrogens is 357 g/mol. The molecule has 0 aliphatic rings. The summed E-state index contributed by atoms with van der Waals surface area (Å²) < 4.78 is 9.78. The maximum atomic E-state index is 11.1. The molecule has 0 unspecified atom stereocenters. The van der Waals surface area contributed by atoms with E-state index in [2.05, 4.69) is 4.74 Å². The van der Waals surface area contributed by atoms with Gasteiger partial charge in [-0.2, -0.15) is 0 Å². The summed E-state index contributed by atoms with van der Waals surface area (Å²) >= 11 is 29.5. The number of hydrogen-bond acceptors (Lipinski definition) is 3. The second-order valence-corrected chi connectivity index (χ2v) is 5.17. The second-order valence-electron chi connectivity index (χ2n) is 3.28. The number of hydrogen-bond donors (Lipinski definition) is 0. The van der Waals surface area contributed by atoms with Gasteiger partial charge in [0.1, 0.15) is 15.8 Å². The summed E-state index contributed by atoms with van der Waals surface area (Å²) in [7, 11) is 1.24. The number of carbonyl (C=O) groups is 1. The van der Waals surface area contributed by atoms with Crippen molar-refractivity contribution >= 4 is 64.0 Å². The molecule has 1 aromatic carbocycles. The zero-order chi connectivity index (χ0) is 14.7. The van der Waals surface area contributed by atoms with Gasteiger partial charge in [0.2, 0.25) is 0 Å². The van der Waals surface area contributed by atoms with Crippen LogP contribution in [0.2, 0.25) is 25.1 Å². The lowest BCUT2D eigenvalue weighted by molar-refractivity contribution is -0.135. The highest BCUT2D eigenvalue weighted by atomic mass is 35.5. The van der Waals surface area contributed by atoms with Gasteiger partial charge in [-0.05, 0) is 6.92 Å². The summed E-state index contributed by atoms with van der Waals surface area (Å²) in [6, 6.07) is 0. The molecule has 0 bridgehead atoms. The van der Waals surface area contributed by atoms with E-state index >= 15 is 0 Å². The molecule has 0 heterocycles. The van der Waals surface area contributed by atoms with E-state index in [0.29, 0.717) is 0 Å². The van der Waals surface area contributed by atoms with Gasteiger partial charge in [0.05, 0.1) is 28.3 Å². The highest BCUT2D eigenvalue weighted by Gasteiger charge is 2.21. The van der Waals surface area contributed by atoms with E-state index in [1.54, 1.807) is 0 Å². The Labute approximate surface area is 134 Å². The first-order chi connectivity index (χ1) is 8.79. The van der Waals surface area contributed by atoms with E-state index in [0.717, 1.165) is 6.08 Å². The van der Waals surface area contributed by atoms with Crippen molar-refractivity contribution in [3.05, 3.63) is 36.9 Å². The minimum absolute atomic E-state index is 0.00122. The minimum Gasteiger partial charge on any atom is -0.466 e. The van der Waals surface area contributed by atoms with Crippen molar-refractivity contribution in [2.24, 2.45) is 0 Å². The molecule has 1 rings (SSSR count). The number of benzene rings is 1. The molecule has 0 radical (unpaired) electrons. The summed E-state index contributed by atoms with van der Waals surface area (Å²) in [5.74, 6) is -0.374. The van der Waals surface area contributed by atoms with Crippen LogP contribution in [0.25, 0.3) is 0 Å². The van der Waals surface area contributed by atoms with Crippen LogP contribution in [-0.4, -0.2) is 13.1 Å². The lowest BCUT2D eigenvalue weighted by Crippen LogP contribution is -2.00. The molecule has 0 atom stereocenters. The Kier molecular flexibility index (Phi) is 6.09. The van der Waals surface area contributed by atoms with Crippen molar-refractivity contribution in [3.63, 3.8) is 0 Å². The minimum atomic E-state index is -0.587. The predicted octanol–water partition coefficient (Wildman–Crippen LogP) is 5.41. The molecule has 104 valence electrons. The summed E-state index contributed by atoms with van der Waals surface area (Å²) in [5, 5.41) is 0.0508. The molecule has 0 aliphatic carbocycles. The fourth-order valence-electron chi connectivity index (χ4n) is 1.09. The monoisotopic (exact) mass is 362 g/mol. The van der Waals surface area contributed by atoms with Crippen LogP contribution in [0.1, 0.15) is 6.92 Å². The first-order valence-corrected chi connectivity index (χ1v) is 6.64. The number of rotatable bonds is 3. The smallest absolute Gasteiger partial charge is 0.333 e. The fourth-order valence-corrected chi connectivity index (χ4v) is 2.29. The van der Waals surface area contributed by atoms with E-state index in [9.17, 15) is 4.79 Å². The summed E-state index contributed by atoms with van der Waals surface area (Å²) in [6.45, 7) is 1.51. The Morgan fingerprint density at radius 3 is 1.79 bits per heavy atom. The standard InChI is InChI=1S/C11H7Cl5O3/c1-4(3-5(17)18-2)19-11-9(15)7(13)6(12)8(14)10(11)16/h3H,1-2H3. The van der Waals surface area contributed by atoms with Crippen LogP contribution in [-0.2, 0) is 9.53 Å². The second kappa shape index (κ2) is 6.91. The van der Waals surface area contributed by atoms with Crippen LogP contribution in [0.5, 0.6) is 5.75 Å². The Morgan fingerprint density at radius 2 is 1.37 bits per heavy atom. The van der Waals surface area contributed by atoms with Crippen molar-refractivity contribution in [2.75, 3.05) is 7.11 Å². The van der Waals surface area contributed by atoms with Gasteiger partial charge in [-0.1, -0.05) is 58.0 Å². The Bertz CT molecular complexity index is 525. The quantitative estimate of drug-likeness (QED) is 0.237. The molecule has 0 saturated carbocycles. The molecule has 0 spiro atoms. The van der Waals surface area contributed by atoms with Gasteiger partial charge in [0.25, 0.3) is 0 Å². The Balaban J connectivity index is 3.23. The molecular formula is C11H7Cl5O3. The molecule has 0 aromatic heterocycles. The maximum Gasteiger partial charge on any atom is 0.333 e. The topological polar surface area (TPSA) is 35.5 Å². The third kappa shape index (κ3) is 3.83. The van der Waals surface area contributed by atoms with Gasteiger partial charge < -0.3 is 9.47 Å². The van der Waals surface area contributed by atoms with Gasteiger partial charge in [-0.15, -0.1) is 0 Å². The van der Waals surface area contributed by atoms with Gasteiger partial charge in [0.15, 0.2) is 5.75 Å². The summed E-state index contributed by atoms with van der Waals surface area (Å²) in [4.78, 5) is 11.1. The highest BCUT2D eigenvalue weighted by Crippen LogP contribution is 2.48. The first kappa shape index (κ1) is 16.7. The van der Waals surface area contributed by atoms with Gasteiger partial charge in [0, 0.05) is 0 Å². The van der Waals surface area contributed by atoms with Gasteiger partial charge >= 0.3 is 5.97 Å². The van der Waals surface area contributed by atoms with Crippen LogP contribution in [0.3, 0.4) is 0 Å². The SMILES string of the molecule is COC(=O)C=C(C)Oc1c(Cl)c(Cl)c(Cl)c(Cl)c1Cl. The number of esters is 1. The molecule has 0 amide bonds. The Hall–Kier alpha value is -0.320. The maximum absolute atomic E-state index is 11.1. The van der Waals surface area contributed by atoms with Crippen molar-refractivity contribution in [1.29, 1.82) is 0 Å². The van der Waals surface area contributed by atoms with Crippen molar-refractivity contribution in [2.45, 2.75) is 6.92 Å². The normalized spacial score (nSPS) is 11.4. The fraction of sp³-hybridized carbons (Fsp3) is 0.182. The number of allylic oxidation sites excluding steroid dienone is 1. The largest absolute Gasteiger partial charge is 0.466 e. The molecule has 3 nitrogen and oxygen atoms in total. The van der Waals surface area contributed by atoms with Crippen LogP contribution in [0, 0.1) is 0 Å². The zero-order valence-electron chi connectivity index (χ0n) is 9.69. The summed E-state index contributed by atoms with van der Waals surface area (Å²) in [6.07, 6.45) is 1.11. The zero-order valence-corrected chi connectivity index (χ0v) is 13.5. The van der Waals surface area contributed by atoms with E-state index in [1.165, 1.54) is 14.0 Å². The van der Waals surface area contributed by atoms with Crippen molar-refractivity contribution in [3.8, 4) is 5.75 Å². The van der Waals surface area contributed by atoms with Crippen LogP contribution in [0.15, 0.2) is 11.8 Å². The molecule has 8 heteroatoms. The van der Waals surface area contributed by atoms with Crippen molar-refractivity contribution in [1.82, 2.24) is 0 Å². The van der Waals surface area contributed by atoms with E-state index in [4.69, 9.17) is 62.7 Å². The third-order valence-corrected chi connectivity index (χ3v) is 4.20. The lowest BCUT2D eigenvalue weighted by Gasteiger charge is -2.13. The van der Waals surface area contributed by atoms with Crippen LogP contribution in [0.4, 0.5) is 0 Å². The van der Waals surface area contributed by atoms with Gasteiger partial charge in [-0.3, -0.25) is 0 Å². The molecule has 0 fully saturated rings. The predicted molar refractivity (Wildman–Crippen MR) is 77.9 cm³/mol. The molecule has 1 aromatic rings. The van der Waals surface area contributed by atoms with E-state index in [1.807, 2.05) is 0 Å². The van der Waals surface area contributed by atoms with Crippen molar-refractivity contribution < 1.29 is 14.3 Å². The lowest BCUT2D eigenvalue weighted by atomic mass is 10.3. The number of halogens is 5.